The Labute approximate surface area is 122 Å². The van der Waals surface area contributed by atoms with E-state index in [1.54, 1.807) is 12.1 Å². The van der Waals surface area contributed by atoms with Gasteiger partial charge in [0.05, 0.1) is 10.9 Å². The van der Waals surface area contributed by atoms with Gasteiger partial charge in [0.2, 0.25) is 5.91 Å². The summed E-state index contributed by atoms with van der Waals surface area (Å²) in [7, 11) is 0. The summed E-state index contributed by atoms with van der Waals surface area (Å²) in [5, 5.41) is 10.2. The number of carbonyl (C=O) groups excluding carboxylic acids is 1. The fraction of sp³-hybridized carbons (Fsp3) is 0.143. The summed E-state index contributed by atoms with van der Waals surface area (Å²) < 4.78 is 0. The molecule has 1 unspecified atom stereocenters. The maximum absolute atomic E-state index is 12.2. The topological polar surface area (TPSA) is 80.9 Å². The van der Waals surface area contributed by atoms with Gasteiger partial charge in [0.1, 0.15) is 0 Å². The summed E-state index contributed by atoms with van der Waals surface area (Å²) in [5.74, 6) is -0.469. The van der Waals surface area contributed by atoms with Crippen molar-refractivity contribution >= 4 is 28.9 Å². The number of nitrogens with zero attached hydrogens (tertiary/aromatic N) is 2. The van der Waals surface area contributed by atoms with Crippen molar-refractivity contribution in [1.82, 2.24) is 10.2 Å². The predicted molar refractivity (Wildman–Crippen MR) is 81.1 cm³/mol. The van der Waals surface area contributed by atoms with Gasteiger partial charge >= 0.3 is 0 Å². The Morgan fingerprint density at radius 3 is 2.60 bits per heavy atom. The van der Waals surface area contributed by atoms with E-state index in [4.69, 9.17) is 18.0 Å². The highest BCUT2D eigenvalue weighted by Crippen LogP contribution is 2.12. The van der Waals surface area contributed by atoms with Gasteiger partial charge < -0.3 is 11.1 Å². The Bertz CT molecular complexity index is 589. The van der Waals surface area contributed by atoms with Crippen LogP contribution in [0.4, 0.5) is 5.82 Å². The van der Waals surface area contributed by atoms with Crippen LogP contribution < -0.4 is 11.1 Å². The molecule has 0 fully saturated rings. The van der Waals surface area contributed by atoms with E-state index in [0.29, 0.717) is 12.2 Å². The Balaban J connectivity index is 2.09. The molecule has 0 saturated heterocycles. The highest BCUT2D eigenvalue weighted by atomic mass is 32.1. The van der Waals surface area contributed by atoms with Crippen LogP contribution in [0.25, 0.3) is 0 Å². The van der Waals surface area contributed by atoms with Crippen LogP contribution in [0.5, 0.6) is 0 Å². The monoisotopic (exact) mass is 286 g/mol. The standard InChI is InChI=1S/C14H14N4OS/c15-13(20)11(9-10-5-2-1-3-6-10)14(19)17-12-7-4-8-16-18-12/h1-8,11H,9H2,(H2,15,20)(H,17,18,19). The number of benzene rings is 1. The number of hydrogen-bond acceptors (Lipinski definition) is 4. The van der Waals surface area contributed by atoms with Gasteiger partial charge in [-0.2, -0.15) is 5.10 Å². The molecule has 0 bridgehead atoms. The minimum atomic E-state index is -0.575. The van der Waals surface area contributed by atoms with Crippen molar-refractivity contribution in [3.8, 4) is 0 Å². The van der Waals surface area contributed by atoms with Gasteiger partial charge in [-0.25, -0.2) is 0 Å². The number of hydrogen-bond donors (Lipinski definition) is 2. The van der Waals surface area contributed by atoms with Crippen molar-refractivity contribution in [3.05, 3.63) is 54.2 Å². The molecule has 0 radical (unpaired) electrons. The lowest BCUT2D eigenvalue weighted by Gasteiger charge is -2.15. The zero-order valence-electron chi connectivity index (χ0n) is 10.7. The SMILES string of the molecule is NC(=S)C(Cc1ccccc1)C(=O)Nc1cccnn1. The summed E-state index contributed by atoms with van der Waals surface area (Å²) in [6.45, 7) is 0. The van der Waals surface area contributed by atoms with Crippen LogP contribution in [-0.2, 0) is 11.2 Å². The van der Waals surface area contributed by atoms with Crippen molar-refractivity contribution in [2.45, 2.75) is 6.42 Å². The van der Waals surface area contributed by atoms with E-state index >= 15 is 0 Å². The predicted octanol–water partition coefficient (Wildman–Crippen LogP) is 1.56. The lowest BCUT2D eigenvalue weighted by molar-refractivity contribution is -0.118. The average molecular weight is 286 g/mol. The molecule has 0 saturated carbocycles. The molecule has 1 heterocycles. The molecule has 0 spiro atoms. The molecule has 2 rings (SSSR count). The molecule has 3 N–H and O–H groups in total. The maximum Gasteiger partial charge on any atom is 0.235 e. The third-order valence-corrected chi connectivity index (χ3v) is 3.05. The highest BCUT2D eigenvalue weighted by molar-refractivity contribution is 7.80. The Morgan fingerprint density at radius 1 is 1.25 bits per heavy atom. The first-order valence-corrected chi connectivity index (χ1v) is 6.49. The molecule has 1 aromatic heterocycles. The Kier molecular flexibility index (Phi) is 4.73. The molecular weight excluding hydrogens is 272 g/mol. The molecule has 0 aliphatic carbocycles. The summed E-state index contributed by atoms with van der Waals surface area (Å²) >= 11 is 4.99. The molecule has 0 aliphatic heterocycles. The van der Waals surface area contributed by atoms with Crippen LogP contribution in [0.2, 0.25) is 0 Å². The molecule has 20 heavy (non-hydrogen) atoms. The first-order chi connectivity index (χ1) is 9.66. The van der Waals surface area contributed by atoms with E-state index in [0.717, 1.165) is 5.56 Å². The Morgan fingerprint density at radius 2 is 2.00 bits per heavy atom. The first-order valence-electron chi connectivity index (χ1n) is 6.08. The van der Waals surface area contributed by atoms with E-state index in [9.17, 15) is 4.79 Å². The minimum absolute atomic E-state index is 0.162. The zero-order valence-corrected chi connectivity index (χ0v) is 11.5. The third kappa shape index (κ3) is 3.83. The molecule has 2 aromatic rings. The van der Waals surface area contributed by atoms with E-state index in [1.807, 2.05) is 30.3 Å². The van der Waals surface area contributed by atoms with Crippen molar-refractivity contribution < 1.29 is 4.79 Å². The molecular formula is C14H14N4OS. The van der Waals surface area contributed by atoms with E-state index in [2.05, 4.69) is 15.5 Å². The number of rotatable bonds is 5. The first kappa shape index (κ1) is 14.1. The molecule has 102 valence electrons. The fourth-order valence-corrected chi connectivity index (χ4v) is 1.94. The average Bonchev–Trinajstić information content (AvgIpc) is 2.46. The second-order valence-electron chi connectivity index (χ2n) is 4.24. The molecule has 1 aromatic carbocycles. The van der Waals surface area contributed by atoms with Crippen LogP contribution in [0, 0.1) is 5.92 Å². The summed E-state index contributed by atoms with van der Waals surface area (Å²) in [6, 6.07) is 12.9. The molecule has 1 atom stereocenters. The van der Waals surface area contributed by atoms with Crippen molar-refractivity contribution in [2.24, 2.45) is 11.7 Å². The van der Waals surface area contributed by atoms with Gasteiger partial charge in [-0.1, -0.05) is 42.5 Å². The van der Waals surface area contributed by atoms with Crippen molar-refractivity contribution in [2.75, 3.05) is 5.32 Å². The molecule has 0 aliphatic rings. The highest BCUT2D eigenvalue weighted by Gasteiger charge is 2.22. The van der Waals surface area contributed by atoms with Crippen LogP contribution >= 0.6 is 12.2 Å². The van der Waals surface area contributed by atoms with Gasteiger partial charge in [-0.15, -0.1) is 5.10 Å². The molecule has 1 amide bonds. The van der Waals surface area contributed by atoms with E-state index in [-0.39, 0.29) is 10.9 Å². The number of nitrogens with two attached hydrogens (primary N) is 1. The second kappa shape index (κ2) is 6.72. The van der Waals surface area contributed by atoms with Gasteiger partial charge in [0, 0.05) is 6.20 Å². The minimum Gasteiger partial charge on any atom is -0.393 e. The van der Waals surface area contributed by atoms with Crippen LogP contribution in [-0.4, -0.2) is 21.1 Å². The number of amides is 1. The van der Waals surface area contributed by atoms with Gasteiger partial charge in [0.25, 0.3) is 0 Å². The summed E-state index contributed by atoms with van der Waals surface area (Å²) in [6.07, 6.45) is 1.99. The van der Waals surface area contributed by atoms with Crippen molar-refractivity contribution in [1.29, 1.82) is 0 Å². The van der Waals surface area contributed by atoms with Gasteiger partial charge in [-0.05, 0) is 24.1 Å². The van der Waals surface area contributed by atoms with Gasteiger partial charge in [0.15, 0.2) is 5.82 Å². The number of anilines is 1. The third-order valence-electron chi connectivity index (χ3n) is 2.77. The summed E-state index contributed by atoms with van der Waals surface area (Å²) in [4.78, 5) is 12.4. The number of carbonyl (C=O) groups is 1. The maximum atomic E-state index is 12.2. The Hall–Kier alpha value is -2.34. The lowest BCUT2D eigenvalue weighted by atomic mass is 9.98. The second-order valence-corrected chi connectivity index (χ2v) is 4.71. The van der Waals surface area contributed by atoms with Crippen LogP contribution in [0.15, 0.2) is 48.7 Å². The van der Waals surface area contributed by atoms with Crippen LogP contribution in [0.1, 0.15) is 5.56 Å². The summed E-state index contributed by atoms with van der Waals surface area (Å²) in [5.41, 5.74) is 6.67. The van der Waals surface area contributed by atoms with E-state index in [1.165, 1.54) is 6.20 Å². The fourth-order valence-electron chi connectivity index (χ4n) is 1.75. The number of nitrogens with one attached hydrogen (secondary N) is 1. The largest absolute Gasteiger partial charge is 0.393 e. The number of thiocarbonyl (C=S) groups is 1. The molecule has 6 heteroatoms. The quantitative estimate of drug-likeness (QED) is 0.815. The smallest absolute Gasteiger partial charge is 0.235 e. The van der Waals surface area contributed by atoms with E-state index < -0.39 is 5.92 Å². The van der Waals surface area contributed by atoms with Gasteiger partial charge in [-0.3, -0.25) is 4.79 Å². The normalized spacial score (nSPS) is 11.6. The van der Waals surface area contributed by atoms with Crippen molar-refractivity contribution in [3.63, 3.8) is 0 Å². The lowest BCUT2D eigenvalue weighted by Crippen LogP contribution is -2.35. The zero-order chi connectivity index (χ0) is 14.4. The number of aromatic nitrogens is 2. The van der Waals surface area contributed by atoms with Crippen LogP contribution in [0.3, 0.4) is 0 Å². The molecule has 5 nitrogen and oxygen atoms in total.